The van der Waals surface area contributed by atoms with Crippen molar-refractivity contribution in [2.45, 2.75) is 387 Å². The third-order valence-corrected chi connectivity index (χ3v) is 32.7. The van der Waals surface area contributed by atoms with Crippen LogP contribution in [0.1, 0.15) is 311 Å². The zero-order valence-electron chi connectivity index (χ0n) is 82.9. The molecule has 0 aromatic rings. The molecule has 36 heteroatoms. The van der Waals surface area contributed by atoms with E-state index >= 15 is 0 Å². The second kappa shape index (κ2) is 76.9. The molecule has 4 rings (SSSR count). The van der Waals surface area contributed by atoms with Crippen LogP contribution in [0.15, 0.2) is 0 Å². The average molecular weight is 1920 g/mol. The molecule has 11 unspecified atom stereocenters. The quantitative estimate of drug-likeness (QED) is 0.00837. The molecule has 0 bridgehead atoms. The lowest BCUT2D eigenvalue weighted by Crippen LogP contribution is -2.55. The molecule has 0 aromatic carbocycles. The number of halogens is 1. The van der Waals surface area contributed by atoms with Crippen molar-refractivity contribution in [3.8, 4) is 0 Å². The Morgan fingerprint density at radius 3 is 1.35 bits per heavy atom. The Morgan fingerprint density at radius 1 is 0.567 bits per heavy atom. The van der Waals surface area contributed by atoms with E-state index in [-0.39, 0.29) is 31.1 Å². The molecule has 2 aliphatic heterocycles. The molecule has 5 N–H and O–H groups in total. The van der Waals surface area contributed by atoms with Gasteiger partial charge in [0.1, 0.15) is 38.8 Å². The fourth-order valence-electron chi connectivity index (χ4n) is 15.9. The molecule has 2 saturated heterocycles. The maximum Gasteiger partial charge on any atom is 0.320 e. The third kappa shape index (κ3) is 58.1. The largest absolute Gasteiger partial charge is 0.772 e. The summed E-state index contributed by atoms with van der Waals surface area (Å²) in [5.41, 5.74) is 5.05. The van der Waals surface area contributed by atoms with Crippen LogP contribution in [0, 0.1) is 38.1 Å². The smallest absolute Gasteiger partial charge is 0.320 e. The molecule has 0 spiro atoms. The van der Waals surface area contributed by atoms with Gasteiger partial charge in [-0.15, -0.1) is 9.60 Å². The van der Waals surface area contributed by atoms with Crippen LogP contribution in [-0.4, -0.2) is 277 Å². The molecule has 2 saturated carbocycles. The minimum Gasteiger partial charge on any atom is -0.772 e. The topological polar surface area (TPSA) is 283 Å². The summed E-state index contributed by atoms with van der Waals surface area (Å²) in [5, 5.41) is 10.5. The molecular formula is C91H178FN14O15P4S2-. The molecule has 2 heterocycles. The number of esters is 1. The van der Waals surface area contributed by atoms with Crippen molar-refractivity contribution in [1.82, 2.24) is 44.7 Å². The summed E-state index contributed by atoms with van der Waals surface area (Å²) in [6.07, 6.45) is 28.0. The van der Waals surface area contributed by atoms with Crippen molar-refractivity contribution < 1.29 is 73.3 Å². The van der Waals surface area contributed by atoms with E-state index in [0.717, 1.165) is 186 Å². The lowest BCUT2D eigenvalue weighted by molar-refractivity contribution is -0.153. The normalized spacial score (nSPS) is 19.3. The Kier molecular flexibility index (Phi) is 75.6. The third-order valence-electron chi connectivity index (χ3n) is 21.4. The van der Waals surface area contributed by atoms with Crippen molar-refractivity contribution in [2.24, 2.45) is 17.6 Å². The maximum atomic E-state index is 13.1. The van der Waals surface area contributed by atoms with Crippen LogP contribution in [0.25, 0.3) is 19.4 Å². The van der Waals surface area contributed by atoms with Gasteiger partial charge in [0.2, 0.25) is 38.0 Å². The number of methoxy groups -OCH3 is 1. The summed E-state index contributed by atoms with van der Waals surface area (Å²) < 4.78 is 103. The minimum atomic E-state index is -1.90. The van der Waals surface area contributed by atoms with Gasteiger partial charge in [-0.05, 0) is 277 Å². The predicted molar refractivity (Wildman–Crippen MR) is 524 cm³/mol. The number of carbonyl (C=O) groups is 3. The molecule has 29 nitrogen and oxygen atoms in total. The van der Waals surface area contributed by atoms with Crippen LogP contribution in [0.3, 0.4) is 0 Å². The number of unbranched alkanes of at least 4 members (excludes halogenated alkanes) is 13. The summed E-state index contributed by atoms with van der Waals surface area (Å²) in [6, 6.07) is 3.46. The first-order chi connectivity index (χ1) is 60.5. The summed E-state index contributed by atoms with van der Waals surface area (Å²) in [7, 11) is 1.15. The molecule has 2 aliphatic carbocycles. The highest BCUT2D eigenvalue weighted by Gasteiger charge is 2.49. The van der Waals surface area contributed by atoms with Gasteiger partial charge in [-0.1, -0.05) is 77.0 Å². The van der Waals surface area contributed by atoms with Crippen molar-refractivity contribution in [2.75, 3.05) is 145 Å². The number of fused-ring (bicyclic) bond motifs is 2. The number of nitrogens with two attached hydrogens (primary N) is 1. The van der Waals surface area contributed by atoms with Crippen LogP contribution >= 0.6 is 45.9 Å². The monoisotopic (exact) mass is 1910 g/mol. The second-order valence-corrected chi connectivity index (χ2v) is 44.7. The first-order valence-corrected chi connectivity index (χ1v) is 54.3. The van der Waals surface area contributed by atoms with E-state index < -0.39 is 55.5 Å². The van der Waals surface area contributed by atoms with E-state index in [1.54, 1.807) is 0 Å². The minimum absolute atomic E-state index is 0.0234. The van der Waals surface area contributed by atoms with Gasteiger partial charge in [-0.2, -0.15) is 11.8 Å². The number of hydrogen-bond acceptors (Lipinski definition) is 24. The van der Waals surface area contributed by atoms with Crippen molar-refractivity contribution in [1.29, 1.82) is 0 Å². The number of hydrogen-bond donors (Lipinski definition) is 4. The van der Waals surface area contributed by atoms with Gasteiger partial charge in [0.25, 0.3) is 34.1 Å². The van der Waals surface area contributed by atoms with E-state index in [0.29, 0.717) is 181 Å². The fraction of sp³-hybridized carbons (Fsp3) is 0.923. The van der Waals surface area contributed by atoms with Gasteiger partial charge >= 0.3 is 5.97 Å². The van der Waals surface area contributed by atoms with Gasteiger partial charge in [-0.3, -0.25) is 18.6 Å². The van der Waals surface area contributed by atoms with Crippen LogP contribution < -0.4 is 21.7 Å². The second-order valence-electron chi connectivity index (χ2n) is 36.3. The van der Waals surface area contributed by atoms with Gasteiger partial charge in [0.05, 0.1) is 33.0 Å². The number of carbonyl (C=O) groups excluding carboxylic acids is 3. The number of thioether (sulfide) groups is 1. The molecule has 2 amide bonds. The predicted octanol–water partition coefficient (Wildman–Crippen LogP) is 20.3. The van der Waals surface area contributed by atoms with E-state index in [1.165, 1.54) is 13.5 Å². The van der Waals surface area contributed by atoms with Crippen molar-refractivity contribution in [3.63, 3.8) is 0 Å². The van der Waals surface area contributed by atoms with Crippen LogP contribution in [0.4, 0.5) is 4.48 Å². The Balaban J connectivity index is 0.00000160. The van der Waals surface area contributed by atoms with Gasteiger partial charge in [-0.25, -0.2) is 45.0 Å². The Labute approximate surface area is 784 Å². The van der Waals surface area contributed by atoms with Crippen LogP contribution in [0.2, 0.25) is 0 Å². The Bertz CT molecular complexity index is 2930. The summed E-state index contributed by atoms with van der Waals surface area (Å²) in [4.78, 5) is 50.9. The summed E-state index contributed by atoms with van der Waals surface area (Å²) >= 11 is 0.0831. The SMILES string of the molecule is CN(C)C1CCCC2(S(=O)[O-])CCCCC12.[C-]#[N+]CCOP(OCCCCCCN(F)COC)N(C(C)C)C(C)C.[C-]#[N+]CCOP(OCCCCCCN)N(C(C)C)C(C)C.[C-]#[N+]CCOP(OCCCCCCNC(=O)CCCCC1SCC2CC(=O)NC21)N(C(C)C)C(C)C.[C-]#[N+]CCOP(OCCCCCCNCC(=O)OC(C)(C)C)N(C(C)C)C(C)C. The Hall–Kier alpha value is -2.20. The first kappa shape index (κ1) is 125. The molecule has 0 radical (unpaired) electrons. The lowest BCUT2D eigenvalue weighted by atomic mass is 9.67. The highest BCUT2D eigenvalue weighted by Crippen LogP contribution is 2.51. The van der Waals surface area contributed by atoms with E-state index in [1.807, 2.05) is 32.5 Å². The summed E-state index contributed by atoms with van der Waals surface area (Å²) in [6.45, 7) is 76.2. The number of amides is 2. The molecule has 742 valence electrons. The highest BCUT2D eigenvalue weighted by molar-refractivity contribution is 8.00. The van der Waals surface area contributed by atoms with E-state index in [4.69, 9.17) is 77.7 Å². The highest BCUT2D eigenvalue weighted by atomic mass is 32.2. The number of nitrogens with zero attached hydrogens (tertiary/aromatic N) is 10. The zero-order chi connectivity index (χ0) is 95.6. The molecule has 4 aliphatic rings. The molecule has 127 heavy (non-hydrogen) atoms. The number of ether oxygens (including phenoxy) is 2. The molecule has 4 fully saturated rings. The molecule has 11 atom stereocenters. The van der Waals surface area contributed by atoms with Crippen LogP contribution in [0.5, 0.6) is 0 Å². The molecule has 0 aromatic heterocycles. The summed E-state index contributed by atoms with van der Waals surface area (Å²) in [5.74, 6) is 2.12. The maximum absolute atomic E-state index is 13.1. The lowest BCUT2D eigenvalue weighted by Gasteiger charge is -2.53. The first-order valence-electron chi connectivity index (χ1n) is 47.6. The van der Waals surface area contributed by atoms with Crippen molar-refractivity contribution >= 4 is 74.7 Å². The van der Waals surface area contributed by atoms with Gasteiger partial charge < -0.3 is 96.2 Å². The van der Waals surface area contributed by atoms with Gasteiger partial charge in [0.15, 0.2) is 0 Å². The standard InChI is InChI=1S/C26H47N4O4PS.C21H42N3O4P.C17H35FN3O3P.C15H32N3O2P.C12H23NO2S/c1-20(2)30(21(3)4)35(34-17-15-27-5)33-16-11-7-6-10-14-28-24(31)13-9-8-12-23-26-22(19-36-23)18-25(32)29-26;1-18(2)24(19(3)4)29(27-16-14-22-8)26-15-12-10-9-11-13-23-17-20(25)28-21(5,6)7;1-16(2)21(17(3)4)25(24-14-11-19-5)23-13-10-8-7-9-12-20(18)15-22-6;1-14(2)18(15(3)4)21(20-13-11-17-5)19-12-9-7-6-8-10-16;1-13(2)11-7-5-9-12(16(14)15)8-4-3-6-10(11)12/h20-23,26H,6-19H2,1-4H3,(H,28,31)(H,29,32);18-19,23H,9-17H2,1-7H3;16-17H,7-15H2,1-4,6H3;14-15H,6-13,16H2,1-4H3;10-11H,3-9H2,1-2H3,(H,14,15)/p-1. The zero-order valence-corrected chi connectivity index (χ0v) is 88.1. The Morgan fingerprint density at radius 2 is 0.961 bits per heavy atom. The van der Waals surface area contributed by atoms with E-state index in [9.17, 15) is 27.6 Å². The molecular weight excluding hydrogens is 1740 g/mol. The average Bonchev–Trinajstić information content (AvgIpc) is 1.44. The number of rotatable bonds is 66. The van der Waals surface area contributed by atoms with Crippen LogP contribution in [-0.2, 0) is 71.1 Å². The van der Waals surface area contributed by atoms with Gasteiger partial charge in [0, 0.05) is 103 Å². The van der Waals surface area contributed by atoms with E-state index in [2.05, 4.69) is 184 Å². The number of nitrogens with one attached hydrogen (secondary N) is 3. The van der Waals surface area contributed by atoms with Crippen molar-refractivity contribution in [3.05, 3.63) is 45.7 Å². The fourth-order valence-corrected chi connectivity index (χ4v) is 25.1.